The summed E-state index contributed by atoms with van der Waals surface area (Å²) >= 11 is 1.16. The van der Waals surface area contributed by atoms with Gasteiger partial charge in [-0.15, -0.1) is 11.3 Å². The van der Waals surface area contributed by atoms with Gasteiger partial charge >= 0.3 is 0 Å². The molecule has 0 spiro atoms. The maximum atomic E-state index is 12.7. The minimum absolute atomic E-state index is 0.113. The molecule has 1 rings (SSSR count). The molecule has 0 saturated carbocycles. The normalized spacial score (nSPS) is 10.5. The highest BCUT2D eigenvalue weighted by atomic mass is 32.1. The highest BCUT2D eigenvalue weighted by molar-refractivity contribution is 7.12. The maximum Gasteiger partial charge on any atom is 0.178 e. The van der Waals surface area contributed by atoms with Gasteiger partial charge in [0.1, 0.15) is 10.7 Å². The van der Waals surface area contributed by atoms with Gasteiger partial charge < -0.3 is 0 Å². The summed E-state index contributed by atoms with van der Waals surface area (Å²) in [5.41, 5.74) is 0. The molecule has 0 aliphatic heterocycles. The van der Waals surface area contributed by atoms with Crippen molar-refractivity contribution < 1.29 is 9.18 Å². The summed E-state index contributed by atoms with van der Waals surface area (Å²) in [5, 5.41) is 1.59. The molecule has 0 saturated heterocycles. The molecule has 3 heteroatoms. The van der Waals surface area contributed by atoms with Crippen LogP contribution in [0.1, 0.15) is 23.5 Å². The van der Waals surface area contributed by atoms with Crippen molar-refractivity contribution in [3.8, 4) is 0 Å². The Morgan fingerprint density at radius 2 is 2.27 bits per heavy atom. The number of ketones is 1. The Labute approximate surface area is 68.9 Å². The predicted molar refractivity (Wildman–Crippen MR) is 43.4 cm³/mol. The first-order valence-electron chi connectivity index (χ1n) is 3.40. The summed E-state index contributed by atoms with van der Waals surface area (Å²) < 4.78 is 12.7. The van der Waals surface area contributed by atoms with Crippen LogP contribution >= 0.6 is 11.3 Å². The fraction of sp³-hybridized carbons (Fsp3) is 0.375. The summed E-state index contributed by atoms with van der Waals surface area (Å²) in [6.07, 6.45) is 0. The second-order valence-corrected chi connectivity index (χ2v) is 3.53. The molecule has 0 aromatic carbocycles. The van der Waals surface area contributed by atoms with Crippen LogP contribution in [0.2, 0.25) is 0 Å². The van der Waals surface area contributed by atoms with Gasteiger partial charge in [0.2, 0.25) is 0 Å². The standard InChI is InChI=1S/C8H9FOS/c1-5(2)7(10)8-6(9)3-4-11-8/h3-5H,1-2H3. The number of carbonyl (C=O) groups is 1. The van der Waals surface area contributed by atoms with Crippen molar-refractivity contribution >= 4 is 17.1 Å². The van der Waals surface area contributed by atoms with Gasteiger partial charge in [-0.2, -0.15) is 0 Å². The fourth-order valence-corrected chi connectivity index (χ4v) is 1.59. The first-order valence-corrected chi connectivity index (χ1v) is 4.28. The Kier molecular flexibility index (Phi) is 2.39. The number of Topliss-reactive ketones (excluding diaryl/α,β-unsaturated/α-hetero) is 1. The smallest absolute Gasteiger partial charge is 0.178 e. The molecule has 0 atom stereocenters. The third kappa shape index (κ3) is 1.66. The number of rotatable bonds is 2. The Morgan fingerprint density at radius 1 is 1.64 bits per heavy atom. The van der Waals surface area contributed by atoms with E-state index in [0.717, 1.165) is 11.3 Å². The van der Waals surface area contributed by atoms with Crippen molar-refractivity contribution in [3.05, 3.63) is 22.1 Å². The second-order valence-electron chi connectivity index (χ2n) is 2.62. The van der Waals surface area contributed by atoms with E-state index in [9.17, 15) is 9.18 Å². The summed E-state index contributed by atoms with van der Waals surface area (Å²) in [4.78, 5) is 11.4. The Balaban J connectivity index is 2.93. The fourth-order valence-electron chi connectivity index (χ4n) is 0.732. The van der Waals surface area contributed by atoms with Crippen molar-refractivity contribution in [3.63, 3.8) is 0 Å². The van der Waals surface area contributed by atoms with Crippen molar-refractivity contribution in [2.75, 3.05) is 0 Å². The largest absolute Gasteiger partial charge is 0.293 e. The van der Waals surface area contributed by atoms with E-state index in [2.05, 4.69) is 0 Å². The van der Waals surface area contributed by atoms with Gasteiger partial charge in [0, 0.05) is 5.92 Å². The van der Waals surface area contributed by atoms with Crippen LogP contribution in [0.25, 0.3) is 0 Å². The lowest BCUT2D eigenvalue weighted by Crippen LogP contribution is -2.06. The van der Waals surface area contributed by atoms with E-state index in [1.54, 1.807) is 19.2 Å². The van der Waals surface area contributed by atoms with E-state index in [0.29, 0.717) is 0 Å². The molecular weight excluding hydrogens is 163 g/mol. The van der Waals surface area contributed by atoms with Gasteiger partial charge in [-0.3, -0.25) is 4.79 Å². The summed E-state index contributed by atoms with van der Waals surface area (Å²) in [6.45, 7) is 3.53. The quantitative estimate of drug-likeness (QED) is 0.627. The van der Waals surface area contributed by atoms with Gasteiger partial charge in [-0.05, 0) is 11.4 Å². The van der Waals surface area contributed by atoms with Crippen LogP contribution in [-0.4, -0.2) is 5.78 Å². The third-order valence-corrected chi connectivity index (χ3v) is 2.27. The Hall–Kier alpha value is -0.700. The summed E-state index contributed by atoms with van der Waals surface area (Å²) in [7, 11) is 0. The minimum atomic E-state index is -0.395. The molecule has 0 amide bonds. The first kappa shape index (κ1) is 8.40. The molecule has 0 aliphatic carbocycles. The number of carbonyl (C=O) groups excluding carboxylic acids is 1. The molecule has 0 fully saturated rings. The maximum absolute atomic E-state index is 12.7. The third-order valence-electron chi connectivity index (χ3n) is 1.37. The molecular formula is C8H9FOS. The molecule has 1 aromatic heterocycles. The molecule has 0 radical (unpaired) electrons. The number of halogens is 1. The van der Waals surface area contributed by atoms with Crippen LogP contribution in [0.3, 0.4) is 0 Å². The van der Waals surface area contributed by atoms with Crippen molar-refractivity contribution in [2.24, 2.45) is 5.92 Å². The van der Waals surface area contributed by atoms with Crippen LogP contribution in [0.5, 0.6) is 0 Å². The summed E-state index contributed by atoms with van der Waals surface area (Å²) in [5.74, 6) is -0.630. The second kappa shape index (κ2) is 3.13. The van der Waals surface area contributed by atoms with E-state index >= 15 is 0 Å². The lowest BCUT2D eigenvalue weighted by molar-refractivity contribution is 0.0940. The van der Waals surface area contributed by atoms with Crippen molar-refractivity contribution in [1.29, 1.82) is 0 Å². The predicted octanol–water partition coefficient (Wildman–Crippen LogP) is 2.73. The average molecular weight is 172 g/mol. The van der Waals surface area contributed by atoms with Gasteiger partial charge in [0.15, 0.2) is 5.78 Å². The van der Waals surface area contributed by atoms with Crippen LogP contribution in [0, 0.1) is 11.7 Å². The Bertz CT molecular complexity index is 265. The lowest BCUT2D eigenvalue weighted by Gasteiger charge is -1.99. The molecule has 0 N–H and O–H groups in total. The molecule has 1 aromatic rings. The molecule has 0 bridgehead atoms. The molecule has 11 heavy (non-hydrogen) atoms. The van der Waals surface area contributed by atoms with Crippen LogP contribution in [0.15, 0.2) is 11.4 Å². The highest BCUT2D eigenvalue weighted by Crippen LogP contribution is 2.18. The van der Waals surface area contributed by atoms with Crippen molar-refractivity contribution in [2.45, 2.75) is 13.8 Å². The highest BCUT2D eigenvalue weighted by Gasteiger charge is 2.15. The number of thiophene rings is 1. The van der Waals surface area contributed by atoms with E-state index in [1.165, 1.54) is 6.07 Å². The topological polar surface area (TPSA) is 17.1 Å². The zero-order valence-corrected chi connectivity index (χ0v) is 7.24. The van der Waals surface area contributed by atoms with E-state index in [-0.39, 0.29) is 16.6 Å². The lowest BCUT2D eigenvalue weighted by atomic mass is 10.1. The Morgan fingerprint density at radius 3 is 2.64 bits per heavy atom. The van der Waals surface area contributed by atoms with Gasteiger partial charge in [0.25, 0.3) is 0 Å². The zero-order chi connectivity index (χ0) is 8.43. The number of hydrogen-bond acceptors (Lipinski definition) is 2. The van der Waals surface area contributed by atoms with Gasteiger partial charge in [0.05, 0.1) is 0 Å². The molecule has 60 valence electrons. The molecule has 1 heterocycles. The molecule has 1 nitrogen and oxygen atoms in total. The van der Waals surface area contributed by atoms with Crippen molar-refractivity contribution in [1.82, 2.24) is 0 Å². The van der Waals surface area contributed by atoms with E-state index in [4.69, 9.17) is 0 Å². The van der Waals surface area contributed by atoms with Gasteiger partial charge in [-0.25, -0.2) is 4.39 Å². The minimum Gasteiger partial charge on any atom is -0.293 e. The van der Waals surface area contributed by atoms with E-state index in [1.807, 2.05) is 0 Å². The average Bonchev–Trinajstić information content (AvgIpc) is 2.33. The SMILES string of the molecule is CC(C)C(=O)c1sccc1F. The summed E-state index contributed by atoms with van der Waals surface area (Å²) in [6, 6.07) is 1.32. The van der Waals surface area contributed by atoms with Gasteiger partial charge in [-0.1, -0.05) is 13.8 Å². The monoisotopic (exact) mass is 172 g/mol. The van der Waals surface area contributed by atoms with Crippen LogP contribution in [0.4, 0.5) is 4.39 Å². The first-order chi connectivity index (χ1) is 5.13. The molecule has 0 aliphatic rings. The van der Waals surface area contributed by atoms with Crippen LogP contribution in [-0.2, 0) is 0 Å². The number of hydrogen-bond donors (Lipinski definition) is 0. The van der Waals surface area contributed by atoms with Crippen LogP contribution < -0.4 is 0 Å². The van der Waals surface area contributed by atoms with E-state index < -0.39 is 5.82 Å². The molecule has 0 unspecified atom stereocenters. The zero-order valence-electron chi connectivity index (χ0n) is 6.43.